The highest BCUT2D eigenvalue weighted by atomic mass is 79.9. The lowest BCUT2D eigenvalue weighted by Crippen LogP contribution is -2.49. The van der Waals surface area contributed by atoms with Gasteiger partial charge in [-0.15, -0.1) is 11.3 Å². The fraction of sp³-hybridized carbons (Fsp3) is 0.350. The molecule has 1 aliphatic heterocycles. The Labute approximate surface area is 160 Å². The summed E-state index contributed by atoms with van der Waals surface area (Å²) < 4.78 is 6.86. The number of aryl methyl sites for hydroxylation is 1. The number of halogens is 1. The molecule has 132 valence electrons. The van der Waals surface area contributed by atoms with Gasteiger partial charge in [-0.3, -0.25) is 4.79 Å². The Morgan fingerprint density at radius 3 is 2.40 bits per heavy atom. The van der Waals surface area contributed by atoms with E-state index in [1.165, 1.54) is 0 Å². The molecule has 0 atom stereocenters. The zero-order valence-corrected chi connectivity index (χ0v) is 17.3. The third-order valence-electron chi connectivity index (χ3n) is 4.45. The van der Waals surface area contributed by atoms with Gasteiger partial charge in [0, 0.05) is 14.7 Å². The van der Waals surface area contributed by atoms with Crippen LogP contribution in [0.5, 0.6) is 0 Å². The Kier molecular flexibility index (Phi) is 4.46. The molecule has 2 heterocycles. The van der Waals surface area contributed by atoms with Crippen molar-refractivity contribution in [2.45, 2.75) is 45.8 Å². The summed E-state index contributed by atoms with van der Waals surface area (Å²) in [4.78, 5) is 14.1. The van der Waals surface area contributed by atoms with Crippen LogP contribution in [0.2, 0.25) is 0 Å². The first kappa shape index (κ1) is 18.4. The van der Waals surface area contributed by atoms with Crippen molar-refractivity contribution in [3.8, 4) is 10.4 Å². The van der Waals surface area contributed by atoms with Crippen LogP contribution in [0.15, 0.2) is 39.9 Å². The summed E-state index contributed by atoms with van der Waals surface area (Å²) in [5.74, 6) is -0.207. The molecule has 0 spiro atoms. The van der Waals surface area contributed by atoms with Crippen molar-refractivity contribution < 1.29 is 14.6 Å². The SMILES string of the molecule is Cc1ccc(-c2cc(Br)cs2)cc1C1=C(O)C(C)(C)OC(C)(C)C1=O. The van der Waals surface area contributed by atoms with Gasteiger partial charge in [0.05, 0.1) is 5.57 Å². The van der Waals surface area contributed by atoms with Crippen molar-refractivity contribution in [3.63, 3.8) is 0 Å². The summed E-state index contributed by atoms with van der Waals surface area (Å²) in [5, 5.41) is 12.8. The first-order chi connectivity index (χ1) is 11.5. The van der Waals surface area contributed by atoms with E-state index < -0.39 is 11.2 Å². The number of benzene rings is 1. The van der Waals surface area contributed by atoms with Gasteiger partial charge >= 0.3 is 0 Å². The molecule has 5 heteroatoms. The maximum absolute atomic E-state index is 13.0. The lowest BCUT2D eigenvalue weighted by atomic mass is 9.81. The standard InChI is InChI=1S/C20H21BrO3S/c1-11-6-7-12(15-9-13(21)10-25-15)8-14(11)16-17(22)19(2,3)24-20(4,5)18(16)23/h6-10,22H,1-5H3. The molecule has 25 heavy (non-hydrogen) atoms. The van der Waals surface area contributed by atoms with Crippen molar-refractivity contribution in [1.29, 1.82) is 0 Å². The highest BCUT2D eigenvalue weighted by molar-refractivity contribution is 9.10. The number of thiophene rings is 1. The van der Waals surface area contributed by atoms with Gasteiger partial charge in [0.2, 0.25) is 0 Å². The van der Waals surface area contributed by atoms with Crippen molar-refractivity contribution in [2.24, 2.45) is 0 Å². The molecule has 0 unspecified atom stereocenters. The van der Waals surface area contributed by atoms with E-state index in [1.807, 2.05) is 36.6 Å². The van der Waals surface area contributed by atoms with Crippen molar-refractivity contribution in [1.82, 2.24) is 0 Å². The normalized spacial score (nSPS) is 19.4. The molecule has 1 aliphatic rings. The second-order valence-corrected chi connectivity index (χ2v) is 9.16. The highest BCUT2D eigenvalue weighted by Gasteiger charge is 2.47. The molecule has 0 amide bonds. The Morgan fingerprint density at radius 1 is 1.12 bits per heavy atom. The summed E-state index contributed by atoms with van der Waals surface area (Å²) in [5.41, 5.74) is 1.18. The Morgan fingerprint density at radius 2 is 1.80 bits per heavy atom. The number of hydrogen-bond acceptors (Lipinski definition) is 4. The fourth-order valence-electron chi connectivity index (χ4n) is 3.20. The average molecular weight is 421 g/mol. The van der Waals surface area contributed by atoms with Crippen LogP contribution in [0.3, 0.4) is 0 Å². The smallest absolute Gasteiger partial charge is 0.198 e. The van der Waals surface area contributed by atoms with E-state index in [2.05, 4.69) is 15.9 Å². The second kappa shape index (κ2) is 6.08. The lowest BCUT2D eigenvalue weighted by molar-refractivity contribution is -0.158. The lowest BCUT2D eigenvalue weighted by Gasteiger charge is -2.40. The molecular formula is C20H21BrO3S. The number of ether oxygens (including phenoxy) is 1. The zero-order valence-electron chi connectivity index (χ0n) is 14.9. The topological polar surface area (TPSA) is 46.5 Å². The van der Waals surface area contributed by atoms with Gasteiger partial charge in [-0.2, -0.15) is 0 Å². The van der Waals surface area contributed by atoms with Crippen LogP contribution >= 0.6 is 27.3 Å². The van der Waals surface area contributed by atoms with Crippen LogP contribution in [0.25, 0.3) is 16.0 Å². The number of aliphatic hydroxyl groups is 1. The van der Waals surface area contributed by atoms with E-state index in [1.54, 1.807) is 39.0 Å². The molecule has 0 fully saturated rings. The van der Waals surface area contributed by atoms with Gasteiger partial charge in [0.1, 0.15) is 17.0 Å². The van der Waals surface area contributed by atoms with Crippen LogP contribution in [0.4, 0.5) is 0 Å². The molecule has 1 N–H and O–H groups in total. The van der Waals surface area contributed by atoms with Crippen molar-refractivity contribution >= 4 is 38.6 Å². The Bertz CT molecular complexity index is 890. The van der Waals surface area contributed by atoms with Gasteiger partial charge in [0.25, 0.3) is 0 Å². The third-order valence-corrected chi connectivity index (χ3v) is 6.19. The van der Waals surface area contributed by atoms with E-state index >= 15 is 0 Å². The maximum Gasteiger partial charge on any atom is 0.198 e. The minimum Gasteiger partial charge on any atom is -0.508 e. The molecule has 0 aliphatic carbocycles. The first-order valence-corrected chi connectivity index (χ1v) is 9.74. The average Bonchev–Trinajstić information content (AvgIpc) is 2.93. The summed E-state index contributed by atoms with van der Waals surface area (Å²) >= 11 is 5.11. The minimum atomic E-state index is -0.987. The number of hydrogen-bond donors (Lipinski definition) is 1. The van der Waals surface area contributed by atoms with Crippen LogP contribution in [0.1, 0.15) is 38.8 Å². The predicted molar refractivity (Wildman–Crippen MR) is 106 cm³/mol. The predicted octanol–water partition coefficient (Wildman–Crippen LogP) is 5.91. The quantitative estimate of drug-likeness (QED) is 0.656. The number of Topliss-reactive ketones (excluding diaryl/α,β-unsaturated/α-hetero) is 1. The van der Waals surface area contributed by atoms with Crippen molar-refractivity contribution in [2.75, 3.05) is 0 Å². The molecule has 0 saturated heterocycles. The number of rotatable bonds is 2. The van der Waals surface area contributed by atoms with Gasteiger partial charge in [-0.05, 0) is 79.4 Å². The second-order valence-electron chi connectivity index (χ2n) is 7.33. The molecular weight excluding hydrogens is 400 g/mol. The Hall–Kier alpha value is -1.43. The number of aliphatic hydroxyl groups excluding tert-OH is 1. The number of carbonyl (C=O) groups excluding carboxylic acids is 1. The van der Waals surface area contributed by atoms with Gasteiger partial charge < -0.3 is 9.84 Å². The van der Waals surface area contributed by atoms with E-state index in [9.17, 15) is 9.90 Å². The zero-order chi connectivity index (χ0) is 18.6. The molecule has 0 bridgehead atoms. The highest BCUT2D eigenvalue weighted by Crippen LogP contribution is 2.42. The Balaban J connectivity index is 2.22. The summed E-state index contributed by atoms with van der Waals surface area (Å²) in [6, 6.07) is 8.05. The van der Waals surface area contributed by atoms with Crippen LogP contribution in [-0.4, -0.2) is 22.1 Å². The van der Waals surface area contributed by atoms with Gasteiger partial charge in [0.15, 0.2) is 5.78 Å². The monoisotopic (exact) mass is 420 g/mol. The molecule has 0 saturated carbocycles. The van der Waals surface area contributed by atoms with E-state index in [0.717, 1.165) is 26.0 Å². The van der Waals surface area contributed by atoms with Gasteiger partial charge in [-0.1, -0.05) is 12.1 Å². The van der Waals surface area contributed by atoms with Crippen LogP contribution in [0, 0.1) is 6.92 Å². The van der Waals surface area contributed by atoms with E-state index in [-0.39, 0.29) is 11.5 Å². The molecule has 3 nitrogen and oxygen atoms in total. The van der Waals surface area contributed by atoms with E-state index in [0.29, 0.717) is 5.57 Å². The van der Waals surface area contributed by atoms with E-state index in [4.69, 9.17) is 4.74 Å². The van der Waals surface area contributed by atoms with Gasteiger partial charge in [-0.25, -0.2) is 0 Å². The van der Waals surface area contributed by atoms with Crippen LogP contribution in [-0.2, 0) is 9.53 Å². The third kappa shape index (κ3) is 3.21. The largest absolute Gasteiger partial charge is 0.508 e. The van der Waals surface area contributed by atoms with Crippen LogP contribution < -0.4 is 0 Å². The summed E-state index contributed by atoms with van der Waals surface area (Å²) in [6.07, 6.45) is 0. The molecule has 3 rings (SSSR count). The molecule has 1 aromatic heterocycles. The number of ketones is 1. The minimum absolute atomic E-state index is 0.00978. The summed E-state index contributed by atoms with van der Waals surface area (Å²) in [7, 11) is 0. The molecule has 1 aromatic carbocycles. The number of carbonyl (C=O) groups is 1. The molecule has 2 aromatic rings. The van der Waals surface area contributed by atoms with Crippen molar-refractivity contribution in [3.05, 3.63) is 51.0 Å². The fourth-order valence-corrected chi connectivity index (χ4v) is 4.63. The maximum atomic E-state index is 13.0. The first-order valence-electron chi connectivity index (χ1n) is 8.07. The molecule has 0 radical (unpaired) electrons. The summed E-state index contributed by atoms with van der Waals surface area (Å²) in [6.45, 7) is 9.02.